The molecular formula is C9H17ClN2OS2. The first kappa shape index (κ1) is 13.5. The predicted octanol–water partition coefficient (Wildman–Crippen LogP) is 0.592. The highest BCUT2D eigenvalue weighted by Crippen LogP contribution is 2.23. The molecule has 0 radical (unpaired) electrons. The van der Waals surface area contributed by atoms with E-state index in [1.165, 1.54) is 17.3 Å². The summed E-state index contributed by atoms with van der Waals surface area (Å²) >= 11 is 3.99. The summed E-state index contributed by atoms with van der Waals surface area (Å²) in [5.74, 6) is 4.15. The number of nitrogens with one attached hydrogen (secondary N) is 2. The zero-order valence-electron chi connectivity index (χ0n) is 8.53. The molecule has 2 aliphatic heterocycles. The van der Waals surface area contributed by atoms with Gasteiger partial charge in [-0.2, -0.15) is 23.5 Å². The molecule has 0 spiro atoms. The Kier molecular flexibility index (Phi) is 6.19. The number of carbonyl (C=O) groups is 1. The molecule has 2 aliphatic rings. The lowest BCUT2D eigenvalue weighted by Crippen LogP contribution is -2.51. The summed E-state index contributed by atoms with van der Waals surface area (Å²) in [7, 11) is 0. The quantitative estimate of drug-likeness (QED) is 0.786. The van der Waals surface area contributed by atoms with E-state index in [4.69, 9.17) is 0 Å². The number of hydrogen-bond acceptors (Lipinski definition) is 4. The topological polar surface area (TPSA) is 41.1 Å². The highest BCUT2D eigenvalue weighted by molar-refractivity contribution is 8.06. The smallest absolute Gasteiger partial charge is 0.225 e. The molecule has 3 nitrogen and oxygen atoms in total. The normalized spacial score (nSPS) is 26.3. The lowest BCUT2D eigenvalue weighted by Gasteiger charge is -2.27. The van der Waals surface area contributed by atoms with Crippen molar-refractivity contribution in [2.45, 2.75) is 5.25 Å². The largest absolute Gasteiger partial charge is 0.355 e. The van der Waals surface area contributed by atoms with Crippen LogP contribution in [-0.2, 0) is 4.79 Å². The van der Waals surface area contributed by atoms with E-state index in [0.717, 1.165) is 19.6 Å². The Morgan fingerprint density at radius 3 is 2.73 bits per heavy atom. The number of amides is 1. The fourth-order valence-corrected chi connectivity index (χ4v) is 4.10. The van der Waals surface area contributed by atoms with Crippen molar-refractivity contribution in [3.05, 3.63) is 0 Å². The van der Waals surface area contributed by atoms with Crippen molar-refractivity contribution in [3.8, 4) is 0 Å². The van der Waals surface area contributed by atoms with E-state index in [9.17, 15) is 4.79 Å². The fourth-order valence-electron chi connectivity index (χ4n) is 1.49. The first-order chi connectivity index (χ1) is 6.86. The summed E-state index contributed by atoms with van der Waals surface area (Å²) < 4.78 is 0. The first-order valence-electron chi connectivity index (χ1n) is 5.04. The van der Waals surface area contributed by atoms with Crippen LogP contribution < -0.4 is 10.6 Å². The molecule has 1 atom stereocenters. The van der Waals surface area contributed by atoms with Gasteiger partial charge in [0.05, 0.1) is 5.92 Å². The summed E-state index contributed by atoms with van der Waals surface area (Å²) in [6, 6.07) is 0. The number of thioether (sulfide) groups is 2. The number of hydrogen-bond donors (Lipinski definition) is 2. The molecule has 2 rings (SSSR count). The van der Waals surface area contributed by atoms with Gasteiger partial charge >= 0.3 is 0 Å². The van der Waals surface area contributed by atoms with Crippen LogP contribution in [-0.4, -0.2) is 48.0 Å². The second-order valence-corrected chi connectivity index (χ2v) is 6.23. The van der Waals surface area contributed by atoms with Gasteiger partial charge in [-0.1, -0.05) is 0 Å². The lowest BCUT2D eigenvalue weighted by molar-refractivity contribution is -0.126. The van der Waals surface area contributed by atoms with Crippen LogP contribution in [0.3, 0.4) is 0 Å². The third kappa shape index (κ3) is 4.06. The number of carbonyl (C=O) groups excluding carboxylic acids is 1. The van der Waals surface area contributed by atoms with Crippen LogP contribution in [0.5, 0.6) is 0 Å². The monoisotopic (exact) mass is 268 g/mol. The number of rotatable bonds is 3. The molecule has 88 valence electrons. The van der Waals surface area contributed by atoms with Gasteiger partial charge in [-0.25, -0.2) is 0 Å². The van der Waals surface area contributed by atoms with Crippen LogP contribution in [0.25, 0.3) is 0 Å². The molecule has 0 aromatic carbocycles. The second kappa shape index (κ2) is 6.89. The third-order valence-electron chi connectivity index (χ3n) is 2.54. The van der Waals surface area contributed by atoms with Crippen molar-refractivity contribution in [3.63, 3.8) is 0 Å². The molecule has 0 aromatic heterocycles. The second-order valence-electron chi connectivity index (χ2n) is 3.67. The molecule has 0 aromatic rings. The van der Waals surface area contributed by atoms with Gasteiger partial charge in [-0.3, -0.25) is 4.79 Å². The van der Waals surface area contributed by atoms with Gasteiger partial charge in [-0.15, -0.1) is 12.4 Å². The van der Waals surface area contributed by atoms with Crippen LogP contribution in [0.15, 0.2) is 0 Å². The van der Waals surface area contributed by atoms with E-state index >= 15 is 0 Å². The van der Waals surface area contributed by atoms with Crippen molar-refractivity contribution in [1.29, 1.82) is 0 Å². The maximum absolute atomic E-state index is 11.5. The zero-order chi connectivity index (χ0) is 9.80. The molecule has 1 amide bonds. The SMILES string of the molecule is Cl.O=C(NCC1CSCCS1)C1CNC1. The summed E-state index contributed by atoms with van der Waals surface area (Å²) in [6.45, 7) is 2.57. The Morgan fingerprint density at radius 2 is 2.20 bits per heavy atom. The minimum Gasteiger partial charge on any atom is -0.355 e. The van der Waals surface area contributed by atoms with E-state index < -0.39 is 0 Å². The third-order valence-corrected chi connectivity index (χ3v) is 5.39. The van der Waals surface area contributed by atoms with Crippen molar-refractivity contribution in [2.24, 2.45) is 5.92 Å². The van der Waals surface area contributed by atoms with Crippen molar-refractivity contribution in [1.82, 2.24) is 10.6 Å². The van der Waals surface area contributed by atoms with Crippen LogP contribution in [0.1, 0.15) is 0 Å². The Hall–Kier alpha value is 0.420. The summed E-state index contributed by atoms with van der Waals surface area (Å²) in [4.78, 5) is 11.5. The summed E-state index contributed by atoms with van der Waals surface area (Å²) in [6.07, 6.45) is 0. The molecule has 1 unspecified atom stereocenters. The average molecular weight is 269 g/mol. The molecule has 15 heavy (non-hydrogen) atoms. The molecule has 6 heteroatoms. The van der Waals surface area contributed by atoms with Gasteiger partial charge in [-0.05, 0) is 0 Å². The van der Waals surface area contributed by atoms with Gasteiger partial charge in [0.2, 0.25) is 5.91 Å². The minimum absolute atomic E-state index is 0. The maximum Gasteiger partial charge on any atom is 0.225 e. The van der Waals surface area contributed by atoms with Crippen molar-refractivity contribution in [2.75, 3.05) is 36.9 Å². The Morgan fingerprint density at radius 1 is 1.40 bits per heavy atom. The Balaban J connectivity index is 0.00000112. The van der Waals surface area contributed by atoms with Gasteiger partial charge in [0.1, 0.15) is 0 Å². The molecule has 0 bridgehead atoms. The zero-order valence-corrected chi connectivity index (χ0v) is 11.0. The Bertz CT molecular complexity index is 208. The molecule has 2 fully saturated rings. The van der Waals surface area contributed by atoms with E-state index in [-0.39, 0.29) is 24.2 Å². The fraction of sp³-hybridized carbons (Fsp3) is 0.889. The van der Waals surface area contributed by atoms with Crippen LogP contribution in [0.2, 0.25) is 0 Å². The first-order valence-corrected chi connectivity index (χ1v) is 7.24. The van der Waals surface area contributed by atoms with E-state index in [1.54, 1.807) is 0 Å². The maximum atomic E-state index is 11.5. The van der Waals surface area contributed by atoms with Gasteiger partial charge in [0.15, 0.2) is 0 Å². The van der Waals surface area contributed by atoms with Crippen molar-refractivity contribution < 1.29 is 4.79 Å². The molecule has 0 saturated carbocycles. The predicted molar refractivity (Wildman–Crippen MR) is 70.2 cm³/mol. The van der Waals surface area contributed by atoms with Crippen LogP contribution >= 0.6 is 35.9 Å². The van der Waals surface area contributed by atoms with Gasteiger partial charge in [0.25, 0.3) is 0 Å². The molecule has 0 aliphatic carbocycles. The number of halogens is 1. The average Bonchev–Trinajstić information content (AvgIpc) is 2.14. The lowest BCUT2D eigenvalue weighted by atomic mass is 10.0. The van der Waals surface area contributed by atoms with Gasteiger partial charge < -0.3 is 10.6 Å². The molecular weight excluding hydrogens is 252 g/mol. The highest BCUT2D eigenvalue weighted by Gasteiger charge is 2.25. The molecule has 2 saturated heterocycles. The molecule has 2 heterocycles. The van der Waals surface area contributed by atoms with Crippen LogP contribution in [0.4, 0.5) is 0 Å². The van der Waals surface area contributed by atoms with E-state index in [1.807, 2.05) is 23.5 Å². The van der Waals surface area contributed by atoms with E-state index in [2.05, 4.69) is 10.6 Å². The molecule has 2 N–H and O–H groups in total. The minimum atomic E-state index is 0. The van der Waals surface area contributed by atoms with Gasteiger partial charge in [0, 0.05) is 42.1 Å². The Labute approximate surface area is 105 Å². The van der Waals surface area contributed by atoms with E-state index in [0.29, 0.717) is 5.25 Å². The standard InChI is InChI=1S/C9H16N2OS2.ClH/c12-9(7-3-10-4-7)11-5-8-6-13-1-2-14-8;/h7-8,10H,1-6H2,(H,11,12);1H. The summed E-state index contributed by atoms with van der Waals surface area (Å²) in [5.41, 5.74) is 0. The van der Waals surface area contributed by atoms with Crippen LogP contribution in [0, 0.1) is 5.92 Å². The van der Waals surface area contributed by atoms with Crippen molar-refractivity contribution >= 4 is 41.8 Å². The highest BCUT2D eigenvalue weighted by atomic mass is 35.5. The summed E-state index contributed by atoms with van der Waals surface area (Å²) in [5, 5.41) is 6.78.